The SMILES string of the molecule is CC[C@H]1OC(=O)C(C)C(=O)[C@H](C)[C@@H](O[C@@H]2OC(CNCc3ccc(F)cc3)CC(N(C)C)C2C)[C@](C)(OC)C[C@@H](C)CN(C(=O)OC(C)(C)C)[C@H](C)[C@@H](C)[C@]1(C)OC(N)=O. The molecular weight excluding hydrogens is 776 g/mol. The van der Waals surface area contributed by atoms with E-state index in [2.05, 4.69) is 17.1 Å². The van der Waals surface area contributed by atoms with Gasteiger partial charge in [-0.2, -0.15) is 0 Å². The lowest BCUT2D eigenvalue weighted by molar-refractivity contribution is -0.282. The highest BCUT2D eigenvalue weighted by molar-refractivity contribution is 6.00. The van der Waals surface area contributed by atoms with Crippen molar-refractivity contribution in [2.75, 3.05) is 34.3 Å². The summed E-state index contributed by atoms with van der Waals surface area (Å²) in [7, 11) is 5.59. The number of esters is 1. The van der Waals surface area contributed by atoms with Gasteiger partial charge in [-0.1, -0.05) is 46.8 Å². The second-order valence-corrected chi connectivity index (χ2v) is 18.9. The maximum Gasteiger partial charge on any atom is 0.410 e. The molecule has 60 heavy (non-hydrogen) atoms. The largest absolute Gasteiger partial charge is 0.458 e. The fourth-order valence-corrected chi connectivity index (χ4v) is 8.98. The summed E-state index contributed by atoms with van der Waals surface area (Å²) in [5.41, 5.74) is 3.09. The summed E-state index contributed by atoms with van der Waals surface area (Å²) in [4.78, 5) is 59.0. The van der Waals surface area contributed by atoms with E-state index in [0.29, 0.717) is 25.9 Å². The van der Waals surface area contributed by atoms with E-state index in [1.165, 1.54) is 19.1 Å². The smallest absolute Gasteiger partial charge is 0.410 e. The molecule has 3 rings (SSSR count). The molecule has 342 valence electrons. The van der Waals surface area contributed by atoms with Crippen LogP contribution in [0.25, 0.3) is 0 Å². The molecule has 15 heteroatoms. The van der Waals surface area contributed by atoms with Crippen molar-refractivity contribution in [1.29, 1.82) is 0 Å². The fourth-order valence-electron chi connectivity index (χ4n) is 8.98. The predicted molar refractivity (Wildman–Crippen MR) is 226 cm³/mol. The third-order valence-electron chi connectivity index (χ3n) is 12.8. The molecule has 0 aromatic heterocycles. The van der Waals surface area contributed by atoms with Crippen LogP contribution >= 0.6 is 0 Å². The predicted octanol–water partition coefficient (Wildman–Crippen LogP) is 6.71. The van der Waals surface area contributed by atoms with Crippen LogP contribution in [0, 0.1) is 35.4 Å². The van der Waals surface area contributed by atoms with E-state index in [1.807, 2.05) is 41.8 Å². The summed E-state index contributed by atoms with van der Waals surface area (Å²) in [6.07, 6.45) is -3.44. The van der Waals surface area contributed by atoms with Gasteiger partial charge >= 0.3 is 18.2 Å². The van der Waals surface area contributed by atoms with Crippen molar-refractivity contribution in [3.63, 3.8) is 0 Å². The van der Waals surface area contributed by atoms with Crippen LogP contribution < -0.4 is 11.1 Å². The monoisotopic (exact) mass is 851 g/mol. The van der Waals surface area contributed by atoms with Crippen LogP contribution in [-0.4, -0.2) is 122 Å². The molecule has 0 spiro atoms. The molecule has 2 saturated heterocycles. The van der Waals surface area contributed by atoms with Crippen molar-refractivity contribution in [1.82, 2.24) is 15.1 Å². The Hall–Kier alpha value is -3.37. The van der Waals surface area contributed by atoms with E-state index < -0.39 is 83.0 Å². The highest BCUT2D eigenvalue weighted by Gasteiger charge is 2.52. The van der Waals surface area contributed by atoms with Crippen molar-refractivity contribution < 1.29 is 52.0 Å². The van der Waals surface area contributed by atoms with E-state index in [-0.39, 0.29) is 42.8 Å². The molecule has 2 aliphatic heterocycles. The minimum atomic E-state index is -1.51. The van der Waals surface area contributed by atoms with Crippen LogP contribution in [0.1, 0.15) is 108 Å². The normalized spacial score (nSPS) is 35.3. The van der Waals surface area contributed by atoms with E-state index in [4.69, 9.17) is 34.2 Å². The van der Waals surface area contributed by atoms with Crippen LogP contribution in [0.4, 0.5) is 14.0 Å². The topological polar surface area (TPSA) is 168 Å². The lowest BCUT2D eigenvalue weighted by Gasteiger charge is -2.48. The molecule has 1 aromatic carbocycles. The maximum atomic E-state index is 14.6. The third kappa shape index (κ3) is 12.8. The number of nitrogens with one attached hydrogen (secondary N) is 1. The van der Waals surface area contributed by atoms with Crippen LogP contribution in [0.15, 0.2) is 24.3 Å². The van der Waals surface area contributed by atoms with Crippen LogP contribution in [0.2, 0.25) is 0 Å². The van der Waals surface area contributed by atoms with Crippen molar-refractivity contribution in [2.24, 2.45) is 35.3 Å². The quantitative estimate of drug-likeness (QED) is 0.145. The molecular formula is C45H75FN4O10. The number of nitrogens with two attached hydrogens (primary N) is 1. The van der Waals surface area contributed by atoms with Crippen molar-refractivity contribution >= 4 is 23.9 Å². The highest BCUT2D eigenvalue weighted by atomic mass is 19.1. The van der Waals surface area contributed by atoms with E-state index >= 15 is 0 Å². The lowest BCUT2D eigenvalue weighted by atomic mass is 9.78. The molecule has 2 amide bonds. The first-order chi connectivity index (χ1) is 27.8. The van der Waals surface area contributed by atoms with Gasteiger partial charge in [0.05, 0.1) is 17.8 Å². The van der Waals surface area contributed by atoms with E-state index in [9.17, 15) is 23.6 Å². The molecule has 3 N–H and O–H groups in total. The number of halogens is 1. The zero-order valence-corrected chi connectivity index (χ0v) is 38.8. The molecule has 0 aliphatic carbocycles. The average Bonchev–Trinajstić information content (AvgIpc) is 3.16. The number of primary amides is 1. The Labute approximate surface area is 358 Å². The molecule has 0 saturated carbocycles. The number of hydrogen-bond acceptors (Lipinski definition) is 12. The number of benzene rings is 1. The van der Waals surface area contributed by atoms with Gasteiger partial charge < -0.3 is 49.3 Å². The number of rotatable bonds is 10. The van der Waals surface area contributed by atoms with Crippen LogP contribution in [0.5, 0.6) is 0 Å². The Kier molecular flexibility index (Phi) is 18.0. The third-order valence-corrected chi connectivity index (χ3v) is 12.8. The van der Waals surface area contributed by atoms with Gasteiger partial charge in [-0.3, -0.25) is 9.59 Å². The first kappa shape index (κ1) is 51.0. The number of Topliss-reactive ketones (excluding diaryl/α,β-unsaturated/α-hetero) is 1. The van der Waals surface area contributed by atoms with E-state index in [1.54, 1.807) is 65.7 Å². The molecule has 13 atom stereocenters. The average molecular weight is 851 g/mol. The second kappa shape index (κ2) is 21.1. The fraction of sp³-hybridized carbons (Fsp3) is 0.778. The van der Waals surface area contributed by atoms with Gasteiger partial charge in [-0.05, 0) is 105 Å². The van der Waals surface area contributed by atoms with Crippen molar-refractivity contribution in [2.45, 2.75) is 162 Å². The molecule has 4 unspecified atom stereocenters. The van der Waals surface area contributed by atoms with Gasteiger partial charge in [0.2, 0.25) is 0 Å². The molecule has 14 nitrogen and oxygen atoms in total. The van der Waals surface area contributed by atoms with Gasteiger partial charge in [-0.15, -0.1) is 0 Å². The summed E-state index contributed by atoms with van der Waals surface area (Å²) in [6.45, 7) is 22.8. The number of carbonyl (C=O) groups is 4. The number of hydrogen-bond donors (Lipinski definition) is 2. The number of amides is 2. The second-order valence-electron chi connectivity index (χ2n) is 18.9. The Morgan fingerprint density at radius 1 is 1.05 bits per heavy atom. The maximum absolute atomic E-state index is 14.6. The molecule has 2 fully saturated rings. The summed E-state index contributed by atoms with van der Waals surface area (Å²) in [5.74, 6) is -4.73. The van der Waals surface area contributed by atoms with Gasteiger partial charge in [0.25, 0.3) is 0 Å². The Morgan fingerprint density at radius 2 is 1.67 bits per heavy atom. The van der Waals surface area contributed by atoms with Crippen LogP contribution in [-0.2, 0) is 44.6 Å². The number of ether oxygens (including phenoxy) is 6. The minimum Gasteiger partial charge on any atom is -0.458 e. The standard InChI is InChI=1S/C45H75FN4O10/c1-16-36-45(12,59-41(47)53)30(6)31(7)50(42(54)60-43(8,9)10)25-26(2)22-44(11,55-15)38(28(4)37(51)29(5)39(52)57-36)58-40-27(3)35(49(13)14)21-34(56-40)24-48-23-32-17-19-33(46)20-18-32/h17-20,26-31,34-36,38,40,48H,16,21-25H2,1-15H3,(H2,47,53)/t26-,27?,28+,29?,30-,31-,34?,35?,36-,38-,40+,44-,45+/m1/s1. The van der Waals surface area contributed by atoms with E-state index in [0.717, 1.165) is 5.56 Å². The molecule has 1 aromatic rings. The zero-order chi connectivity index (χ0) is 45.5. The summed E-state index contributed by atoms with van der Waals surface area (Å²) < 4.78 is 51.5. The summed E-state index contributed by atoms with van der Waals surface area (Å²) in [6, 6.07) is 5.75. The zero-order valence-electron chi connectivity index (χ0n) is 38.8. The number of ketones is 1. The molecule has 0 radical (unpaired) electrons. The Morgan fingerprint density at radius 3 is 2.20 bits per heavy atom. The Bertz CT molecular complexity index is 1590. The summed E-state index contributed by atoms with van der Waals surface area (Å²) >= 11 is 0. The van der Waals surface area contributed by atoms with Crippen molar-refractivity contribution in [3.05, 3.63) is 35.6 Å². The van der Waals surface area contributed by atoms with Gasteiger partial charge in [0.1, 0.15) is 23.4 Å². The van der Waals surface area contributed by atoms with Gasteiger partial charge in [0, 0.05) is 56.6 Å². The van der Waals surface area contributed by atoms with Crippen LogP contribution in [0.3, 0.4) is 0 Å². The number of cyclic esters (lactones) is 1. The van der Waals surface area contributed by atoms with Crippen molar-refractivity contribution in [3.8, 4) is 0 Å². The highest BCUT2D eigenvalue weighted by Crippen LogP contribution is 2.40. The molecule has 0 bridgehead atoms. The Balaban J connectivity index is 2.12. The van der Waals surface area contributed by atoms with Gasteiger partial charge in [0.15, 0.2) is 17.7 Å². The number of carbonyl (C=O) groups excluding carboxylic acids is 4. The first-order valence-electron chi connectivity index (χ1n) is 21.5. The molecule has 2 aliphatic rings. The summed E-state index contributed by atoms with van der Waals surface area (Å²) in [5, 5.41) is 3.44. The minimum absolute atomic E-state index is 0.0463. The number of nitrogens with zero attached hydrogens (tertiary/aromatic N) is 2. The number of methoxy groups -OCH3 is 1. The van der Waals surface area contributed by atoms with Gasteiger partial charge in [-0.25, -0.2) is 14.0 Å². The first-order valence-corrected chi connectivity index (χ1v) is 21.5. The molecule has 2 heterocycles. The lowest BCUT2D eigenvalue weighted by Crippen LogP contribution is -2.59.